The number of hydrogen-bond acceptors (Lipinski definition) is 3. The molecule has 0 spiro atoms. The van der Waals surface area contributed by atoms with Gasteiger partial charge in [-0.15, -0.1) is 0 Å². The zero-order chi connectivity index (χ0) is 12.3. The number of amides is 1. The smallest absolute Gasteiger partial charge is 0.221 e. The van der Waals surface area contributed by atoms with Crippen LogP contribution >= 0.6 is 0 Å². The average Bonchev–Trinajstić information content (AvgIpc) is 2.30. The highest BCUT2D eigenvalue weighted by Gasteiger charge is 2.13. The lowest BCUT2D eigenvalue weighted by Gasteiger charge is -2.19. The van der Waals surface area contributed by atoms with E-state index in [1.54, 1.807) is 0 Å². The maximum atomic E-state index is 10.9. The van der Waals surface area contributed by atoms with E-state index >= 15 is 0 Å². The molecule has 0 unspecified atom stereocenters. The van der Waals surface area contributed by atoms with Gasteiger partial charge < -0.3 is 10.1 Å². The van der Waals surface area contributed by atoms with Gasteiger partial charge in [-0.2, -0.15) is 0 Å². The Balaban J connectivity index is 2.10. The van der Waals surface area contributed by atoms with Crippen molar-refractivity contribution in [1.29, 1.82) is 0 Å². The van der Waals surface area contributed by atoms with Crippen LogP contribution in [-0.2, 0) is 9.53 Å². The van der Waals surface area contributed by atoms with Gasteiger partial charge in [-0.1, -0.05) is 6.92 Å². The molecule has 0 saturated carbocycles. The molecule has 1 atom stereocenters. The highest BCUT2D eigenvalue weighted by atomic mass is 16.5. The molecule has 2 rings (SSSR count). The summed E-state index contributed by atoms with van der Waals surface area (Å²) in [5.74, 6) is 1.10. The van der Waals surface area contributed by atoms with Crippen molar-refractivity contribution in [2.45, 2.75) is 13.8 Å². The number of ether oxygens (including phenoxy) is 1. The number of carbonyl (C=O) groups excluding carboxylic acids is 1. The second-order valence-electron chi connectivity index (χ2n) is 4.32. The Morgan fingerprint density at radius 1 is 1.41 bits per heavy atom. The number of nitrogens with one attached hydrogen (secondary N) is 1. The minimum absolute atomic E-state index is 0.0715. The minimum Gasteiger partial charge on any atom is -0.477 e. The highest BCUT2D eigenvalue weighted by Crippen LogP contribution is 2.14. The number of nitrogens with zero attached hydrogens (tertiary/aromatic N) is 1. The molecule has 1 heterocycles. The van der Waals surface area contributed by atoms with Gasteiger partial charge in [0.15, 0.2) is 0 Å². The molecule has 0 bridgehead atoms. The van der Waals surface area contributed by atoms with E-state index in [2.05, 4.69) is 17.2 Å². The van der Waals surface area contributed by atoms with Gasteiger partial charge in [0.2, 0.25) is 11.8 Å². The summed E-state index contributed by atoms with van der Waals surface area (Å²) in [6.45, 7) is 5.12. The van der Waals surface area contributed by atoms with Crippen molar-refractivity contribution >= 4 is 17.5 Å². The third kappa shape index (κ3) is 3.06. The molecule has 0 radical (unpaired) electrons. The Bertz CT molecular complexity index is 437. The van der Waals surface area contributed by atoms with Gasteiger partial charge in [-0.3, -0.25) is 9.79 Å². The van der Waals surface area contributed by atoms with E-state index in [1.807, 2.05) is 24.3 Å². The largest absolute Gasteiger partial charge is 0.477 e. The molecule has 0 aromatic heterocycles. The molecule has 17 heavy (non-hydrogen) atoms. The summed E-state index contributed by atoms with van der Waals surface area (Å²) in [4.78, 5) is 15.3. The molecule has 4 nitrogen and oxygen atoms in total. The SMILES string of the molecule is CC(=O)Nc1ccc(C2=NC[C@H](C)CO2)cc1. The Morgan fingerprint density at radius 3 is 2.65 bits per heavy atom. The molecule has 90 valence electrons. The predicted octanol–water partition coefficient (Wildman–Crippen LogP) is 2.06. The van der Waals surface area contributed by atoms with Crippen LogP contribution in [0.15, 0.2) is 29.3 Å². The van der Waals surface area contributed by atoms with E-state index < -0.39 is 0 Å². The van der Waals surface area contributed by atoms with E-state index in [0.29, 0.717) is 18.4 Å². The molecule has 1 N–H and O–H groups in total. The molecule has 0 saturated heterocycles. The lowest BCUT2D eigenvalue weighted by atomic mass is 10.1. The second-order valence-corrected chi connectivity index (χ2v) is 4.32. The fourth-order valence-corrected chi connectivity index (χ4v) is 1.63. The van der Waals surface area contributed by atoms with Gasteiger partial charge in [-0.25, -0.2) is 0 Å². The minimum atomic E-state index is -0.0715. The van der Waals surface area contributed by atoms with Crippen LogP contribution in [0.4, 0.5) is 5.69 Å². The second kappa shape index (κ2) is 4.99. The summed E-state index contributed by atoms with van der Waals surface area (Å²) in [5.41, 5.74) is 1.73. The van der Waals surface area contributed by atoms with Crippen LogP contribution in [0.2, 0.25) is 0 Å². The number of benzene rings is 1. The van der Waals surface area contributed by atoms with Crippen LogP contribution in [0, 0.1) is 5.92 Å². The van der Waals surface area contributed by atoms with Crippen molar-refractivity contribution in [2.24, 2.45) is 10.9 Å². The average molecular weight is 232 g/mol. The van der Waals surface area contributed by atoms with Crippen LogP contribution in [0.5, 0.6) is 0 Å². The number of aliphatic imine (C=N–C) groups is 1. The van der Waals surface area contributed by atoms with Crippen molar-refractivity contribution in [3.05, 3.63) is 29.8 Å². The topological polar surface area (TPSA) is 50.7 Å². The summed E-state index contributed by atoms with van der Waals surface area (Å²) in [6, 6.07) is 7.50. The van der Waals surface area contributed by atoms with Crippen molar-refractivity contribution in [3.8, 4) is 0 Å². The van der Waals surface area contributed by atoms with Crippen molar-refractivity contribution in [1.82, 2.24) is 0 Å². The third-order valence-corrected chi connectivity index (χ3v) is 2.50. The summed E-state index contributed by atoms with van der Waals surface area (Å²) in [5, 5.41) is 2.72. The maximum absolute atomic E-state index is 10.9. The molecule has 4 heteroatoms. The first-order chi connectivity index (χ1) is 8.15. The van der Waals surface area contributed by atoms with Crippen LogP contribution in [-0.4, -0.2) is 25.0 Å². The Labute approximate surface area is 101 Å². The Hall–Kier alpha value is -1.84. The molecular formula is C13H16N2O2. The van der Waals surface area contributed by atoms with Crippen molar-refractivity contribution in [2.75, 3.05) is 18.5 Å². The number of rotatable bonds is 2. The summed E-state index contributed by atoms with van der Waals surface area (Å²) in [6.07, 6.45) is 0. The van der Waals surface area contributed by atoms with Crippen LogP contribution < -0.4 is 5.32 Å². The van der Waals surface area contributed by atoms with Crippen LogP contribution in [0.1, 0.15) is 19.4 Å². The highest BCUT2D eigenvalue weighted by molar-refractivity contribution is 5.95. The van der Waals surface area contributed by atoms with E-state index in [-0.39, 0.29) is 5.91 Å². The van der Waals surface area contributed by atoms with Crippen molar-refractivity contribution in [3.63, 3.8) is 0 Å². The Morgan fingerprint density at radius 2 is 2.12 bits per heavy atom. The third-order valence-electron chi connectivity index (χ3n) is 2.50. The lowest BCUT2D eigenvalue weighted by molar-refractivity contribution is -0.114. The zero-order valence-electron chi connectivity index (χ0n) is 10.1. The van der Waals surface area contributed by atoms with Crippen LogP contribution in [0.25, 0.3) is 0 Å². The number of hydrogen-bond donors (Lipinski definition) is 1. The molecule has 1 amide bonds. The van der Waals surface area contributed by atoms with Gasteiger partial charge in [0.05, 0.1) is 6.61 Å². The molecular weight excluding hydrogens is 216 g/mol. The first-order valence-corrected chi connectivity index (χ1v) is 5.70. The van der Waals surface area contributed by atoms with Gasteiger partial charge >= 0.3 is 0 Å². The van der Waals surface area contributed by atoms with Crippen LogP contribution in [0.3, 0.4) is 0 Å². The quantitative estimate of drug-likeness (QED) is 0.848. The van der Waals surface area contributed by atoms with Gasteiger partial charge in [0, 0.05) is 30.6 Å². The lowest BCUT2D eigenvalue weighted by Crippen LogP contribution is -2.21. The predicted molar refractivity (Wildman–Crippen MR) is 67.3 cm³/mol. The number of anilines is 1. The molecule has 1 aromatic carbocycles. The molecule has 1 aromatic rings. The zero-order valence-corrected chi connectivity index (χ0v) is 10.1. The number of carbonyl (C=O) groups is 1. The van der Waals surface area contributed by atoms with Gasteiger partial charge in [0.25, 0.3) is 0 Å². The molecule has 0 aliphatic carbocycles. The van der Waals surface area contributed by atoms with Gasteiger partial charge in [0.1, 0.15) is 0 Å². The van der Waals surface area contributed by atoms with E-state index in [9.17, 15) is 4.79 Å². The molecule has 1 aliphatic heterocycles. The molecule has 0 fully saturated rings. The van der Waals surface area contributed by atoms with E-state index in [1.165, 1.54) is 6.92 Å². The summed E-state index contributed by atoms with van der Waals surface area (Å²) >= 11 is 0. The Kier molecular flexibility index (Phi) is 3.42. The van der Waals surface area contributed by atoms with E-state index in [4.69, 9.17) is 4.74 Å². The van der Waals surface area contributed by atoms with Crippen molar-refractivity contribution < 1.29 is 9.53 Å². The first kappa shape index (κ1) is 11.6. The summed E-state index contributed by atoms with van der Waals surface area (Å²) in [7, 11) is 0. The summed E-state index contributed by atoms with van der Waals surface area (Å²) < 4.78 is 5.56. The molecule has 1 aliphatic rings. The fraction of sp³-hybridized carbons (Fsp3) is 0.385. The normalized spacial score (nSPS) is 19.2. The van der Waals surface area contributed by atoms with Gasteiger partial charge in [-0.05, 0) is 24.3 Å². The maximum Gasteiger partial charge on any atom is 0.221 e. The fourth-order valence-electron chi connectivity index (χ4n) is 1.63. The van der Waals surface area contributed by atoms with E-state index in [0.717, 1.165) is 17.8 Å². The monoisotopic (exact) mass is 232 g/mol. The standard InChI is InChI=1S/C13H16N2O2/c1-9-7-14-13(17-8-9)11-3-5-12(6-4-11)15-10(2)16/h3-6,9H,7-8H2,1-2H3,(H,15,16)/t9-/m0/s1. The first-order valence-electron chi connectivity index (χ1n) is 5.70.